The number of piperazine rings is 1. The average molecular weight is 526 g/mol. The Morgan fingerprint density at radius 2 is 1.03 bits per heavy atom. The Morgan fingerprint density at radius 1 is 0.583 bits per heavy atom. The minimum atomic E-state index is -5.15. The lowest BCUT2D eigenvalue weighted by molar-refractivity contribution is -0.143. The highest BCUT2D eigenvalue weighted by Gasteiger charge is 2.38. The number of benzene rings is 2. The maximum atomic E-state index is 13.1. The van der Waals surface area contributed by atoms with Crippen molar-refractivity contribution >= 4 is 17.6 Å². The zero-order chi connectivity index (χ0) is 27.1. The minimum Gasteiger partial charge on any atom is -0.335 e. The third-order valence-electron chi connectivity index (χ3n) is 5.34. The maximum absolute atomic E-state index is 13.1. The molecule has 1 heterocycles. The first kappa shape index (κ1) is 27.0. The fourth-order valence-corrected chi connectivity index (χ4v) is 3.48. The summed E-state index contributed by atoms with van der Waals surface area (Å²) in [6, 6.07) is 3.63. The molecule has 14 heteroatoms. The van der Waals surface area contributed by atoms with E-state index in [0.717, 1.165) is 21.9 Å². The van der Waals surface area contributed by atoms with Crippen LogP contribution in [0, 0.1) is 0 Å². The van der Waals surface area contributed by atoms with Gasteiger partial charge >= 0.3 is 18.5 Å². The molecule has 194 valence electrons. The van der Waals surface area contributed by atoms with E-state index in [9.17, 15) is 53.9 Å². The molecule has 0 aromatic heterocycles. The number of ketones is 1. The predicted molar refractivity (Wildman–Crippen MR) is 105 cm³/mol. The van der Waals surface area contributed by atoms with E-state index in [-0.39, 0.29) is 44.4 Å². The van der Waals surface area contributed by atoms with Gasteiger partial charge in [0.25, 0.3) is 11.8 Å². The molecule has 0 bridgehead atoms. The van der Waals surface area contributed by atoms with Gasteiger partial charge in [0.05, 0.1) is 16.7 Å². The Kier molecular flexibility index (Phi) is 7.10. The van der Waals surface area contributed by atoms with Crippen molar-refractivity contribution in [3.8, 4) is 0 Å². The van der Waals surface area contributed by atoms with Gasteiger partial charge in [-0.15, -0.1) is 0 Å². The van der Waals surface area contributed by atoms with Gasteiger partial charge < -0.3 is 9.80 Å². The smallest absolute Gasteiger partial charge is 0.335 e. The molecule has 0 atom stereocenters. The number of hydrogen-bond donors (Lipinski definition) is 0. The van der Waals surface area contributed by atoms with Gasteiger partial charge in [0.2, 0.25) is 5.78 Å². The number of alkyl halides is 9. The largest absolute Gasteiger partial charge is 0.416 e. The van der Waals surface area contributed by atoms with Gasteiger partial charge in [-0.3, -0.25) is 14.4 Å². The Balaban J connectivity index is 1.73. The molecule has 0 aliphatic carbocycles. The SMILES string of the molecule is O=C(C(=O)N1CCN(C(=O)c2cc(C(F)(F)F)cc(C(F)(F)F)c2)CC1)c1cccc(C(F)(F)F)c1. The molecule has 0 spiro atoms. The molecular weight excluding hydrogens is 511 g/mol. The van der Waals surface area contributed by atoms with Crippen LogP contribution in [0.15, 0.2) is 42.5 Å². The zero-order valence-electron chi connectivity index (χ0n) is 17.9. The van der Waals surface area contributed by atoms with Gasteiger partial charge in [0, 0.05) is 37.3 Å². The van der Waals surface area contributed by atoms with Crippen molar-refractivity contribution in [2.75, 3.05) is 26.2 Å². The van der Waals surface area contributed by atoms with Crippen molar-refractivity contribution in [1.82, 2.24) is 9.80 Å². The van der Waals surface area contributed by atoms with Crippen molar-refractivity contribution < 1.29 is 53.9 Å². The first-order valence-electron chi connectivity index (χ1n) is 10.1. The van der Waals surface area contributed by atoms with Crippen LogP contribution in [0.3, 0.4) is 0 Å². The first-order chi connectivity index (χ1) is 16.5. The number of amides is 2. The summed E-state index contributed by atoms with van der Waals surface area (Å²) in [5.74, 6) is -3.56. The lowest BCUT2D eigenvalue weighted by Gasteiger charge is -2.34. The molecule has 3 rings (SSSR count). The van der Waals surface area contributed by atoms with Crippen LogP contribution in [0.1, 0.15) is 37.4 Å². The fraction of sp³-hybridized carbons (Fsp3) is 0.318. The lowest BCUT2D eigenvalue weighted by atomic mass is 10.0. The summed E-state index contributed by atoms with van der Waals surface area (Å²) >= 11 is 0. The van der Waals surface area contributed by atoms with Crippen molar-refractivity contribution in [3.63, 3.8) is 0 Å². The summed E-state index contributed by atoms with van der Waals surface area (Å²) in [6.45, 7) is -1.31. The normalized spacial score (nSPS) is 15.1. The van der Waals surface area contributed by atoms with Gasteiger partial charge in [-0.25, -0.2) is 0 Å². The van der Waals surface area contributed by atoms with E-state index in [0.29, 0.717) is 12.1 Å². The molecule has 0 N–H and O–H groups in total. The first-order valence-corrected chi connectivity index (χ1v) is 10.1. The maximum Gasteiger partial charge on any atom is 0.416 e. The summed E-state index contributed by atoms with van der Waals surface area (Å²) in [5.41, 5.74) is -5.85. The van der Waals surface area contributed by atoms with Crippen LogP contribution in [-0.2, 0) is 23.3 Å². The van der Waals surface area contributed by atoms with Crippen molar-refractivity contribution in [1.29, 1.82) is 0 Å². The number of halogens is 9. The molecule has 1 fully saturated rings. The second kappa shape index (κ2) is 9.47. The van der Waals surface area contributed by atoms with Crippen LogP contribution in [0.2, 0.25) is 0 Å². The van der Waals surface area contributed by atoms with E-state index in [1.165, 1.54) is 0 Å². The van der Waals surface area contributed by atoms with Crippen LogP contribution >= 0.6 is 0 Å². The van der Waals surface area contributed by atoms with Crippen molar-refractivity contribution in [2.24, 2.45) is 0 Å². The quantitative estimate of drug-likeness (QED) is 0.325. The topological polar surface area (TPSA) is 57.7 Å². The van der Waals surface area contributed by atoms with E-state index in [4.69, 9.17) is 0 Å². The molecule has 2 aromatic carbocycles. The summed E-state index contributed by atoms with van der Waals surface area (Å²) in [6.07, 6.45) is -15.0. The lowest BCUT2D eigenvalue weighted by Crippen LogP contribution is -2.52. The second-order valence-electron chi connectivity index (χ2n) is 7.79. The zero-order valence-corrected chi connectivity index (χ0v) is 17.9. The Labute approximate surface area is 197 Å². The molecule has 1 aliphatic rings. The van der Waals surface area contributed by atoms with Crippen LogP contribution < -0.4 is 0 Å². The van der Waals surface area contributed by atoms with Crippen LogP contribution in [0.4, 0.5) is 39.5 Å². The van der Waals surface area contributed by atoms with Crippen molar-refractivity contribution in [2.45, 2.75) is 18.5 Å². The third kappa shape index (κ3) is 5.97. The summed E-state index contributed by atoms with van der Waals surface area (Å²) < 4.78 is 117. The van der Waals surface area contributed by atoms with Gasteiger partial charge in [0.1, 0.15) is 0 Å². The van der Waals surface area contributed by atoms with Gasteiger partial charge in [-0.2, -0.15) is 39.5 Å². The molecule has 0 saturated carbocycles. The van der Waals surface area contributed by atoms with E-state index < -0.39 is 63.9 Å². The highest BCUT2D eigenvalue weighted by molar-refractivity contribution is 6.42. The van der Waals surface area contributed by atoms with Crippen LogP contribution in [-0.4, -0.2) is 53.6 Å². The van der Waals surface area contributed by atoms with Crippen LogP contribution in [0.5, 0.6) is 0 Å². The van der Waals surface area contributed by atoms with Crippen LogP contribution in [0.25, 0.3) is 0 Å². The van der Waals surface area contributed by atoms with Gasteiger partial charge in [-0.05, 0) is 30.3 Å². The fourth-order valence-electron chi connectivity index (χ4n) is 3.48. The molecule has 0 radical (unpaired) electrons. The molecule has 36 heavy (non-hydrogen) atoms. The molecule has 2 aromatic rings. The van der Waals surface area contributed by atoms with Crippen molar-refractivity contribution in [3.05, 3.63) is 70.3 Å². The van der Waals surface area contributed by atoms with Gasteiger partial charge in [0.15, 0.2) is 0 Å². The summed E-state index contributed by atoms with van der Waals surface area (Å²) in [4.78, 5) is 39.3. The highest BCUT2D eigenvalue weighted by atomic mass is 19.4. The average Bonchev–Trinajstić information content (AvgIpc) is 2.81. The minimum absolute atomic E-state index is 0.118. The number of nitrogens with zero attached hydrogens (tertiary/aromatic N) is 2. The molecule has 1 saturated heterocycles. The molecule has 2 amide bonds. The molecule has 1 aliphatic heterocycles. The number of rotatable bonds is 3. The number of carbonyl (C=O) groups is 3. The molecular formula is C22H15F9N2O3. The monoisotopic (exact) mass is 526 g/mol. The number of carbonyl (C=O) groups excluding carboxylic acids is 3. The Bertz CT molecular complexity index is 1150. The highest BCUT2D eigenvalue weighted by Crippen LogP contribution is 2.36. The number of hydrogen-bond acceptors (Lipinski definition) is 3. The Morgan fingerprint density at radius 3 is 1.50 bits per heavy atom. The number of Topliss-reactive ketones (excluding diaryl/α,β-unsaturated/α-hetero) is 1. The van der Waals surface area contributed by atoms with E-state index in [1.54, 1.807) is 0 Å². The van der Waals surface area contributed by atoms with E-state index >= 15 is 0 Å². The second-order valence-corrected chi connectivity index (χ2v) is 7.79. The third-order valence-corrected chi connectivity index (χ3v) is 5.34. The molecule has 5 nitrogen and oxygen atoms in total. The molecule has 0 unspecified atom stereocenters. The summed E-state index contributed by atoms with van der Waals surface area (Å²) in [7, 11) is 0. The standard InChI is InChI=1S/C22H15F9N2O3/c23-20(24,25)14-3-1-2-12(8-14)17(34)19(36)33-6-4-32(5-7-33)18(35)13-9-15(21(26,27)28)11-16(10-13)22(29,30)31/h1-3,8-11H,4-7H2. The van der Waals surface area contributed by atoms with E-state index in [1.807, 2.05) is 0 Å². The van der Waals surface area contributed by atoms with Gasteiger partial charge in [-0.1, -0.05) is 12.1 Å². The Hall–Kier alpha value is -3.58. The van der Waals surface area contributed by atoms with E-state index in [2.05, 4.69) is 0 Å². The predicted octanol–water partition coefficient (Wildman–Crippen LogP) is 4.91. The summed E-state index contributed by atoms with van der Waals surface area (Å²) in [5, 5.41) is 0.